The van der Waals surface area contributed by atoms with Crippen LogP contribution < -0.4 is 0 Å². The first-order valence-corrected chi connectivity index (χ1v) is 5.53. The van der Waals surface area contributed by atoms with Gasteiger partial charge in [-0.05, 0) is 29.5 Å². The molecule has 0 aromatic heterocycles. The van der Waals surface area contributed by atoms with E-state index in [9.17, 15) is 4.79 Å². The van der Waals surface area contributed by atoms with E-state index in [4.69, 9.17) is 0 Å². The number of ketones is 1. The average Bonchev–Trinajstić information content (AvgIpc) is 2.60. The fourth-order valence-corrected chi connectivity index (χ4v) is 2.16. The molecule has 0 heterocycles. The normalized spacial score (nSPS) is 21.0. The molecule has 1 aliphatic carbocycles. The molecule has 0 N–H and O–H groups in total. The Balaban J connectivity index is 2.23. The highest BCUT2D eigenvalue weighted by Gasteiger charge is 2.27. The lowest BCUT2D eigenvalue weighted by molar-refractivity contribution is -0.114. The maximum absolute atomic E-state index is 11.4. The number of benzene rings is 1. The lowest BCUT2D eigenvalue weighted by Gasteiger charge is -2.10. The van der Waals surface area contributed by atoms with Gasteiger partial charge in [0.25, 0.3) is 0 Å². The first-order valence-electron chi connectivity index (χ1n) is 5.53. The third-order valence-corrected chi connectivity index (χ3v) is 3.23. The molecule has 1 aromatic rings. The van der Waals surface area contributed by atoms with E-state index in [0.717, 1.165) is 18.4 Å². The summed E-state index contributed by atoms with van der Waals surface area (Å²) in [6, 6.07) is 8.55. The van der Waals surface area contributed by atoms with Gasteiger partial charge in [0.05, 0.1) is 0 Å². The molecule has 0 radical (unpaired) electrons. The summed E-state index contributed by atoms with van der Waals surface area (Å²) in [5.74, 6) is 0.503. The predicted octanol–water partition coefficient (Wildman–Crippen LogP) is 3.25. The Labute approximate surface area is 90.8 Å². The number of hydrogen-bond donors (Lipinski definition) is 0. The molecule has 1 atom stereocenters. The second-order valence-electron chi connectivity index (χ2n) is 4.13. The summed E-state index contributed by atoms with van der Waals surface area (Å²) in [7, 11) is 0. The Morgan fingerprint density at radius 2 is 2.00 bits per heavy atom. The second kappa shape index (κ2) is 4.01. The Morgan fingerprint density at radius 1 is 1.33 bits per heavy atom. The molecule has 78 valence electrons. The zero-order chi connectivity index (χ0) is 10.8. The van der Waals surface area contributed by atoms with Crippen LogP contribution in [0.25, 0.3) is 0 Å². The van der Waals surface area contributed by atoms with Crippen molar-refractivity contribution in [3.63, 3.8) is 0 Å². The summed E-state index contributed by atoms with van der Waals surface area (Å²) in [6.07, 6.45) is 2.66. The van der Waals surface area contributed by atoms with Crippen molar-refractivity contribution in [3.8, 4) is 0 Å². The molecule has 15 heavy (non-hydrogen) atoms. The molecule has 0 bridgehead atoms. The van der Waals surface area contributed by atoms with Crippen LogP contribution in [0.4, 0.5) is 0 Å². The van der Waals surface area contributed by atoms with Crippen LogP contribution >= 0.6 is 0 Å². The van der Waals surface area contributed by atoms with Crippen molar-refractivity contribution in [1.82, 2.24) is 0 Å². The summed E-state index contributed by atoms with van der Waals surface area (Å²) >= 11 is 0. The summed E-state index contributed by atoms with van der Waals surface area (Å²) in [5.41, 5.74) is 3.37. The summed E-state index contributed by atoms with van der Waals surface area (Å²) in [5, 5.41) is 0. The Kier molecular flexibility index (Phi) is 2.72. The number of allylic oxidation sites excluding steroid dienone is 1. The van der Waals surface area contributed by atoms with Gasteiger partial charge in [-0.2, -0.15) is 0 Å². The molecule has 1 unspecified atom stereocenters. The van der Waals surface area contributed by atoms with Crippen molar-refractivity contribution < 1.29 is 4.79 Å². The van der Waals surface area contributed by atoms with Crippen molar-refractivity contribution in [3.05, 3.63) is 47.5 Å². The van der Waals surface area contributed by atoms with Gasteiger partial charge in [-0.3, -0.25) is 4.79 Å². The minimum Gasteiger partial charge on any atom is -0.295 e. The molecule has 1 heteroatoms. The van der Waals surface area contributed by atoms with Crippen molar-refractivity contribution in [2.24, 2.45) is 0 Å². The molecule has 2 rings (SSSR count). The quantitative estimate of drug-likeness (QED) is 0.670. The van der Waals surface area contributed by atoms with E-state index in [2.05, 4.69) is 37.8 Å². The first-order chi connectivity index (χ1) is 7.22. The lowest BCUT2D eigenvalue weighted by atomic mass is 9.93. The van der Waals surface area contributed by atoms with Crippen molar-refractivity contribution in [1.29, 1.82) is 0 Å². The van der Waals surface area contributed by atoms with Gasteiger partial charge in [-0.25, -0.2) is 0 Å². The van der Waals surface area contributed by atoms with E-state index >= 15 is 0 Å². The largest absolute Gasteiger partial charge is 0.295 e. The zero-order valence-electron chi connectivity index (χ0n) is 9.12. The van der Waals surface area contributed by atoms with Crippen LogP contribution in [-0.4, -0.2) is 5.78 Å². The highest BCUT2D eigenvalue weighted by atomic mass is 16.1. The Hall–Kier alpha value is -1.37. The average molecular weight is 200 g/mol. The fraction of sp³-hybridized carbons (Fsp3) is 0.357. The third-order valence-electron chi connectivity index (χ3n) is 3.23. The highest BCUT2D eigenvalue weighted by molar-refractivity contribution is 5.98. The van der Waals surface area contributed by atoms with E-state index in [1.54, 1.807) is 0 Å². The molecule has 0 spiro atoms. The van der Waals surface area contributed by atoms with Gasteiger partial charge in [-0.15, -0.1) is 0 Å². The van der Waals surface area contributed by atoms with E-state index in [1.807, 2.05) is 0 Å². The standard InChI is InChI=1S/C14H16O/c1-3-11-4-6-12(7-5-11)13-8-9-14(15)10(13)2/h4-7,13H,2-3,8-9H2,1H3. The van der Waals surface area contributed by atoms with E-state index in [-0.39, 0.29) is 11.7 Å². The minimum atomic E-state index is 0.236. The van der Waals surface area contributed by atoms with E-state index in [0.29, 0.717) is 6.42 Å². The van der Waals surface area contributed by atoms with Gasteiger partial charge in [0.15, 0.2) is 5.78 Å². The maximum atomic E-state index is 11.4. The minimum absolute atomic E-state index is 0.236. The maximum Gasteiger partial charge on any atom is 0.158 e. The summed E-state index contributed by atoms with van der Waals surface area (Å²) < 4.78 is 0. The molecular weight excluding hydrogens is 184 g/mol. The molecule has 1 nitrogen and oxygen atoms in total. The third kappa shape index (κ3) is 1.87. The fourth-order valence-electron chi connectivity index (χ4n) is 2.16. The topological polar surface area (TPSA) is 17.1 Å². The summed E-state index contributed by atoms with van der Waals surface area (Å²) in [4.78, 5) is 11.4. The van der Waals surface area contributed by atoms with E-state index in [1.165, 1.54) is 11.1 Å². The number of rotatable bonds is 2. The molecule has 1 aromatic carbocycles. The van der Waals surface area contributed by atoms with Crippen LogP contribution in [0.15, 0.2) is 36.4 Å². The van der Waals surface area contributed by atoms with Crippen LogP contribution in [-0.2, 0) is 11.2 Å². The van der Waals surface area contributed by atoms with Gasteiger partial charge in [0.2, 0.25) is 0 Å². The molecule has 1 saturated carbocycles. The Morgan fingerprint density at radius 3 is 2.47 bits per heavy atom. The number of carbonyl (C=O) groups is 1. The van der Waals surface area contributed by atoms with Gasteiger partial charge < -0.3 is 0 Å². The number of Topliss-reactive ketones (excluding diaryl/α,β-unsaturated/α-hetero) is 1. The summed E-state index contributed by atoms with van der Waals surface area (Å²) in [6.45, 7) is 6.03. The monoisotopic (exact) mass is 200 g/mol. The van der Waals surface area contributed by atoms with Crippen LogP contribution in [0.1, 0.15) is 36.8 Å². The van der Waals surface area contributed by atoms with Gasteiger partial charge in [0.1, 0.15) is 0 Å². The zero-order valence-corrected chi connectivity index (χ0v) is 9.12. The van der Waals surface area contributed by atoms with E-state index < -0.39 is 0 Å². The lowest BCUT2D eigenvalue weighted by Crippen LogP contribution is -1.98. The molecule has 1 fully saturated rings. The smallest absolute Gasteiger partial charge is 0.158 e. The van der Waals surface area contributed by atoms with Crippen LogP contribution in [0.3, 0.4) is 0 Å². The van der Waals surface area contributed by atoms with Crippen LogP contribution in [0.2, 0.25) is 0 Å². The van der Waals surface area contributed by atoms with Crippen molar-refractivity contribution >= 4 is 5.78 Å². The second-order valence-corrected chi connectivity index (χ2v) is 4.13. The van der Waals surface area contributed by atoms with Crippen LogP contribution in [0.5, 0.6) is 0 Å². The highest BCUT2D eigenvalue weighted by Crippen LogP contribution is 2.35. The Bertz CT molecular complexity index is 386. The molecular formula is C14H16O. The van der Waals surface area contributed by atoms with Gasteiger partial charge in [-0.1, -0.05) is 37.8 Å². The molecule has 0 amide bonds. The number of carbonyl (C=O) groups excluding carboxylic acids is 1. The van der Waals surface area contributed by atoms with Gasteiger partial charge in [0, 0.05) is 12.3 Å². The molecule has 0 aliphatic heterocycles. The van der Waals surface area contributed by atoms with Gasteiger partial charge >= 0.3 is 0 Å². The number of aryl methyl sites for hydroxylation is 1. The SMILES string of the molecule is C=C1C(=O)CCC1c1ccc(CC)cc1. The van der Waals surface area contributed by atoms with Crippen molar-refractivity contribution in [2.45, 2.75) is 32.1 Å². The molecule has 0 saturated heterocycles. The predicted molar refractivity (Wildman–Crippen MR) is 61.9 cm³/mol. The van der Waals surface area contributed by atoms with Crippen molar-refractivity contribution in [2.75, 3.05) is 0 Å². The molecule has 1 aliphatic rings. The first kappa shape index (κ1) is 10.2. The van der Waals surface area contributed by atoms with Crippen LogP contribution in [0, 0.1) is 0 Å². The number of hydrogen-bond acceptors (Lipinski definition) is 1.